The van der Waals surface area contributed by atoms with Gasteiger partial charge in [-0.2, -0.15) is 0 Å². The van der Waals surface area contributed by atoms with Gasteiger partial charge in [0, 0.05) is 31.2 Å². The Kier molecular flexibility index (Phi) is 12.2. The molecule has 2 rings (SSSR count). The predicted molar refractivity (Wildman–Crippen MR) is 117 cm³/mol. The zero-order valence-electron chi connectivity index (χ0n) is 17.6. The third kappa shape index (κ3) is 8.05. The highest BCUT2D eigenvalue weighted by molar-refractivity contribution is 6.02. The van der Waals surface area contributed by atoms with Gasteiger partial charge in [-0.25, -0.2) is 0 Å². The first-order valence-electron chi connectivity index (χ1n) is 8.87. The van der Waals surface area contributed by atoms with Crippen LogP contribution < -0.4 is 0 Å². The van der Waals surface area contributed by atoms with Crippen molar-refractivity contribution >= 4 is 17.1 Å². The van der Waals surface area contributed by atoms with Crippen LogP contribution in [-0.4, -0.2) is 53.0 Å². The second-order valence-corrected chi connectivity index (χ2v) is 6.09. The summed E-state index contributed by atoms with van der Waals surface area (Å²) in [5.41, 5.74) is 4.98. The quantitative estimate of drug-likeness (QED) is 0.327. The summed E-state index contributed by atoms with van der Waals surface area (Å²) in [5, 5.41) is 48.0. The van der Waals surface area contributed by atoms with Crippen LogP contribution in [0.5, 0.6) is 0 Å². The molecule has 0 radical (unpaired) electrons. The Morgan fingerprint density at radius 2 is 1.38 bits per heavy atom. The van der Waals surface area contributed by atoms with Crippen molar-refractivity contribution < 1.29 is 20.1 Å². The number of aliphatic hydroxyl groups is 3. The van der Waals surface area contributed by atoms with E-state index < -0.39 is 6.29 Å². The SMILES string of the molecule is CC(=N)c1ccc(C(C)=N)cc1.CO.COC(O)C(=N)c1cccc(C)c1CO. The smallest absolute Gasteiger partial charge is 0.198 e. The fourth-order valence-corrected chi connectivity index (χ4v) is 2.39. The van der Waals surface area contributed by atoms with Crippen LogP contribution in [0.1, 0.15) is 41.7 Å². The molecule has 0 fully saturated rings. The Bertz CT molecular complexity index is 784. The number of hydrogen-bond acceptors (Lipinski definition) is 7. The average Bonchev–Trinajstić information content (AvgIpc) is 2.74. The third-order valence-corrected chi connectivity index (χ3v) is 4.08. The number of benzene rings is 2. The van der Waals surface area contributed by atoms with Gasteiger partial charge < -0.3 is 30.9 Å². The standard InChI is InChI=1S/C11H15NO3.C10H12N2.CH4O/c1-7-4-3-5-8(9(7)6-13)10(12)11(14)15-2;1-7(11)9-3-5-10(6-4-9)8(2)12;1-2/h3-5,11-14H,6H2,1-2H3;3-6,11-12H,1-2H3;2H,1H3. The summed E-state index contributed by atoms with van der Waals surface area (Å²) in [6, 6.07) is 12.8. The molecule has 7 nitrogen and oxygen atoms in total. The number of aliphatic hydroxyl groups excluding tert-OH is 3. The van der Waals surface area contributed by atoms with Crippen LogP contribution in [0.15, 0.2) is 42.5 Å². The van der Waals surface area contributed by atoms with Crippen molar-refractivity contribution in [2.75, 3.05) is 14.2 Å². The number of hydrogen-bond donors (Lipinski definition) is 6. The lowest BCUT2D eigenvalue weighted by Gasteiger charge is -2.14. The van der Waals surface area contributed by atoms with Gasteiger partial charge in [0.2, 0.25) is 0 Å². The molecule has 0 saturated carbocycles. The van der Waals surface area contributed by atoms with Gasteiger partial charge in [-0.1, -0.05) is 42.5 Å². The monoisotopic (exact) mass is 401 g/mol. The van der Waals surface area contributed by atoms with E-state index in [0.29, 0.717) is 22.6 Å². The lowest BCUT2D eigenvalue weighted by Crippen LogP contribution is -2.23. The molecule has 2 aromatic carbocycles. The summed E-state index contributed by atoms with van der Waals surface area (Å²) in [5.74, 6) is 0. The van der Waals surface area contributed by atoms with Gasteiger partial charge in [0.1, 0.15) is 0 Å². The summed E-state index contributed by atoms with van der Waals surface area (Å²) in [7, 11) is 2.33. The summed E-state index contributed by atoms with van der Waals surface area (Å²) in [4.78, 5) is 0. The van der Waals surface area contributed by atoms with Gasteiger partial charge in [0.25, 0.3) is 0 Å². The number of rotatable bonds is 6. The highest BCUT2D eigenvalue weighted by atomic mass is 16.6. The van der Waals surface area contributed by atoms with Crippen LogP contribution in [-0.2, 0) is 11.3 Å². The molecular weight excluding hydrogens is 370 g/mol. The number of nitrogens with one attached hydrogen (secondary N) is 3. The molecule has 0 saturated heterocycles. The summed E-state index contributed by atoms with van der Waals surface area (Å²) in [6.07, 6.45) is -1.25. The lowest BCUT2D eigenvalue weighted by molar-refractivity contribution is -0.0200. The van der Waals surface area contributed by atoms with Gasteiger partial charge >= 0.3 is 0 Å². The summed E-state index contributed by atoms with van der Waals surface area (Å²) in [6.45, 7) is 5.21. The van der Waals surface area contributed by atoms with Gasteiger partial charge in [0.05, 0.1) is 12.3 Å². The maximum atomic E-state index is 9.36. The number of aryl methyl sites for hydroxylation is 1. The normalized spacial score (nSPS) is 10.6. The van der Waals surface area contributed by atoms with Crippen LogP contribution >= 0.6 is 0 Å². The Morgan fingerprint density at radius 1 is 0.931 bits per heavy atom. The maximum absolute atomic E-state index is 9.36. The molecule has 0 heterocycles. The fraction of sp³-hybridized carbons (Fsp3) is 0.318. The maximum Gasteiger partial charge on any atom is 0.198 e. The molecule has 0 aromatic heterocycles. The Hall–Kier alpha value is -2.71. The average molecular weight is 402 g/mol. The molecule has 6 N–H and O–H groups in total. The molecule has 158 valence electrons. The predicted octanol–water partition coefficient (Wildman–Crippen LogP) is 2.89. The van der Waals surface area contributed by atoms with E-state index in [1.54, 1.807) is 26.0 Å². The molecule has 0 aliphatic rings. The fourth-order valence-electron chi connectivity index (χ4n) is 2.39. The number of methoxy groups -OCH3 is 1. The third-order valence-electron chi connectivity index (χ3n) is 4.08. The second kappa shape index (κ2) is 13.5. The molecule has 1 atom stereocenters. The Morgan fingerprint density at radius 3 is 1.72 bits per heavy atom. The van der Waals surface area contributed by atoms with Gasteiger partial charge in [-0.3, -0.25) is 5.41 Å². The zero-order chi connectivity index (χ0) is 22.6. The van der Waals surface area contributed by atoms with Crippen molar-refractivity contribution in [2.24, 2.45) is 0 Å². The largest absolute Gasteiger partial charge is 0.400 e. The van der Waals surface area contributed by atoms with E-state index in [1.807, 2.05) is 37.3 Å². The first-order valence-corrected chi connectivity index (χ1v) is 8.87. The van der Waals surface area contributed by atoms with Crippen LogP contribution in [0, 0.1) is 23.2 Å². The van der Waals surface area contributed by atoms with Crippen molar-refractivity contribution in [3.63, 3.8) is 0 Å². The minimum absolute atomic E-state index is 0.0368. The van der Waals surface area contributed by atoms with E-state index in [1.165, 1.54) is 7.11 Å². The van der Waals surface area contributed by atoms with Crippen molar-refractivity contribution in [1.29, 1.82) is 16.2 Å². The van der Waals surface area contributed by atoms with Crippen molar-refractivity contribution in [1.82, 2.24) is 0 Å². The van der Waals surface area contributed by atoms with Crippen LogP contribution in [0.2, 0.25) is 0 Å². The molecule has 0 aliphatic carbocycles. The molecule has 0 bridgehead atoms. The summed E-state index contributed by atoms with van der Waals surface area (Å²) < 4.78 is 4.66. The Balaban J connectivity index is 0.000000508. The molecule has 1 unspecified atom stereocenters. The van der Waals surface area contributed by atoms with E-state index in [0.717, 1.165) is 23.8 Å². The van der Waals surface area contributed by atoms with E-state index >= 15 is 0 Å². The molecule has 0 amide bonds. The van der Waals surface area contributed by atoms with E-state index in [4.69, 9.17) is 21.3 Å². The van der Waals surface area contributed by atoms with Gasteiger partial charge in [-0.05, 0) is 43.0 Å². The highest BCUT2D eigenvalue weighted by Gasteiger charge is 2.16. The van der Waals surface area contributed by atoms with Crippen LogP contribution in [0.25, 0.3) is 0 Å². The molecule has 29 heavy (non-hydrogen) atoms. The Labute approximate surface area is 172 Å². The topological polar surface area (TPSA) is 141 Å². The highest BCUT2D eigenvalue weighted by Crippen LogP contribution is 2.16. The molecule has 0 spiro atoms. The second-order valence-electron chi connectivity index (χ2n) is 6.09. The lowest BCUT2D eigenvalue weighted by atomic mass is 9.98. The minimum atomic E-state index is -1.25. The van der Waals surface area contributed by atoms with Gasteiger partial charge in [-0.15, -0.1) is 0 Å². The van der Waals surface area contributed by atoms with Crippen molar-refractivity contribution in [3.8, 4) is 0 Å². The van der Waals surface area contributed by atoms with Crippen LogP contribution in [0.4, 0.5) is 0 Å². The first-order chi connectivity index (χ1) is 13.7. The number of ether oxygens (including phenoxy) is 1. The molecule has 2 aromatic rings. The molecular formula is C22H31N3O4. The van der Waals surface area contributed by atoms with Gasteiger partial charge in [0.15, 0.2) is 6.29 Å². The first kappa shape index (κ1) is 26.3. The zero-order valence-corrected chi connectivity index (χ0v) is 17.6. The van der Waals surface area contributed by atoms with E-state index in [2.05, 4.69) is 4.74 Å². The molecule has 7 heteroatoms. The molecule has 0 aliphatic heterocycles. The minimum Gasteiger partial charge on any atom is -0.400 e. The van der Waals surface area contributed by atoms with Crippen molar-refractivity contribution in [3.05, 3.63) is 70.3 Å². The van der Waals surface area contributed by atoms with E-state index in [9.17, 15) is 10.2 Å². The van der Waals surface area contributed by atoms with Crippen LogP contribution in [0.3, 0.4) is 0 Å². The van der Waals surface area contributed by atoms with Crippen molar-refractivity contribution in [2.45, 2.75) is 33.7 Å². The summed E-state index contributed by atoms with van der Waals surface area (Å²) >= 11 is 0. The van der Waals surface area contributed by atoms with E-state index in [-0.39, 0.29) is 12.3 Å².